The average Bonchev–Trinajstić information content (AvgIpc) is 2.53. The standard InChI is InChI=1S/C17H16N2O/c1-20-15-6-2-4-13(10-15)11-19-17-7-3-5-14-8-9-18-12-16(14)17/h2-10,12,19H,11H2,1H3. The lowest BCUT2D eigenvalue weighted by molar-refractivity contribution is 0.414. The molecule has 0 aliphatic rings. The summed E-state index contributed by atoms with van der Waals surface area (Å²) in [5, 5.41) is 5.79. The molecule has 1 heterocycles. The lowest BCUT2D eigenvalue weighted by atomic mass is 10.1. The third kappa shape index (κ3) is 2.57. The zero-order chi connectivity index (χ0) is 13.8. The fourth-order valence-corrected chi connectivity index (χ4v) is 2.25. The number of ether oxygens (including phenoxy) is 1. The molecule has 0 saturated carbocycles. The van der Waals surface area contributed by atoms with E-state index >= 15 is 0 Å². The minimum Gasteiger partial charge on any atom is -0.497 e. The van der Waals surface area contributed by atoms with Crippen LogP contribution in [0.3, 0.4) is 0 Å². The number of aromatic nitrogens is 1. The zero-order valence-corrected chi connectivity index (χ0v) is 11.3. The lowest BCUT2D eigenvalue weighted by Crippen LogP contribution is -2.00. The predicted octanol–water partition coefficient (Wildman–Crippen LogP) is 3.86. The van der Waals surface area contributed by atoms with Crippen LogP contribution in [0.25, 0.3) is 10.8 Å². The van der Waals surface area contributed by atoms with Crippen LogP contribution in [0.15, 0.2) is 60.9 Å². The Labute approximate surface area is 118 Å². The van der Waals surface area contributed by atoms with Gasteiger partial charge in [-0.25, -0.2) is 0 Å². The first-order chi connectivity index (χ1) is 9.86. The number of pyridine rings is 1. The fourth-order valence-electron chi connectivity index (χ4n) is 2.25. The van der Waals surface area contributed by atoms with E-state index in [9.17, 15) is 0 Å². The molecule has 1 N–H and O–H groups in total. The molecule has 20 heavy (non-hydrogen) atoms. The van der Waals surface area contributed by atoms with Crippen molar-refractivity contribution >= 4 is 16.5 Å². The second kappa shape index (κ2) is 5.61. The highest BCUT2D eigenvalue weighted by atomic mass is 16.5. The molecule has 3 nitrogen and oxygen atoms in total. The van der Waals surface area contributed by atoms with Gasteiger partial charge in [0.15, 0.2) is 0 Å². The van der Waals surface area contributed by atoms with E-state index in [2.05, 4.69) is 34.6 Å². The number of benzene rings is 2. The number of fused-ring (bicyclic) bond motifs is 1. The van der Waals surface area contributed by atoms with Crippen LogP contribution in [0.5, 0.6) is 5.75 Å². The number of anilines is 1. The molecule has 2 aromatic carbocycles. The van der Waals surface area contributed by atoms with Gasteiger partial charge in [0.2, 0.25) is 0 Å². The van der Waals surface area contributed by atoms with E-state index in [1.807, 2.05) is 36.7 Å². The third-order valence-electron chi connectivity index (χ3n) is 3.30. The number of methoxy groups -OCH3 is 1. The molecule has 0 aliphatic carbocycles. The van der Waals surface area contributed by atoms with E-state index in [1.54, 1.807) is 7.11 Å². The van der Waals surface area contributed by atoms with Crippen molar-refractivity contribution in [1.29, 1.82) is 0 Å². The van der Waals surface area contributed by atoms with Gasteiger partial charge in [0.05, 0.1) is 7.11 Å². The van der Waals surface area contributed by atoms with E-state index < -0.39 is 0 Å². The summed E-state index contributed by atoms with van der Waals surface area (Å²) in [6.45, 7) is 0.755. The van der Waals surface area contributed by atoms with Crippen LogP contribution in [-0.2, 0) is 6.54 Å². The van der Waals surface area contributed by atoms with Crippen LogP contribution in [0.4, 0.5) is 5.69 Å². The molecule has 0 radical (unpaired) electrons. The zero-order valence-electron chi connectivity index (χ0n) is 11.3. The molecular formula is C17H16N2O. The summed E-state index contributed by atoms with van der Waals surface area (Å²) in [6, 6.07) is 16.3. The number of hydrogen-bond acceptors (Lipinski definition) is 3. The van der Waals surface area contributed by atoms with Crippen molar-refractivity contribution in [3.63, 3.8) is 0 Å². The Morgan fingerprint density at radius 1 is 1.10 bits per heavy atom. The quantitative estimate of drug-likeness (QED) is 0.777. The van der Waals surface area contributed by atoms with E-state index in [0.717, 1.165) is 23.4 Å². The van der Waals surface area contributed by atoms with Crippen LogP contribution < -0.4 is 10.1 Å². The minimum absolute atomic E-state index is 0.755. The summed E-state index contributed by atoms with van der Waals surface area (Å²) in [5.74, 6) is 0.879. The summed E-state index contributed by atoms with van der Waals surface area (Å²) in [6.07, 6.45) is 3.71. The van der Waals surface area contributed by atoms with Gasteiger partial charge in [0.1, 0.15) is 5.75 Å². The largest absolute Gasteiger partial charge is 0.497 e. The number of nitrogens with zero attached hydrogens (tertiary/aromatic N) is 1. The molecule has 100 valence electrons. The maximum Gasteiger partial charge on any atom is 0.119 e. The first-order valence-corrected chi connectivity index (χ1v) is 6.56. The van der Waals surface area contributed by atoms with Crippen molar-refractivity contribution in [2.24, 2.45) is 0 Å². The molecule has 0 fully saturated rings. The van der Waals surface area contributed by atoms with E-state index in [0.29, 0.717) is 0 Å². The maximum atomic E-state index is 5.24. The molecule has 0 unspecified atom stereocenters. The van der Waals surface area contributed by atoms with E-state index in [1.165, 1.54) is 10.9 Å². The number of nitrogens with one attached hydrogen (secondary N) is 1. The molecule has 3 rings (SSSR count). The van der Waals surface area contributed by atoms with Crippen molar-refractivity contribution in [2.75, 3.05) is 12.4 Å². The normalized spacial score (nSPS) is 10.4. The summed E-state index contributed by atoms with van der Waals surface area (Å²) >= 11 is 0. The average molecular weight is 264 g/mol. The highest BCUT2D eigenvalue weighted by molar-refractivity contribution is 5.93. The fraction of sp³-hybridized carbons (Fsp3) is 0.118. The Kier molecular flexibility index (Phi) is 3.50. The van der Waals surface area contributed by atoms with Crippen molar-refractivity contribution < 1.29 is 4.74 Å². The van der Waals surface area contributed by atoms with Crippen LogP contribution in [0, 0.1) is 0 Å². The summed E-state index contributed by atoms with van der Waals surface area (Å²) in [4.78, 5) is 4.20. The molecule has 3 aromatic rings. The Hall–Kier alpha value is -2.55. The number of hydrogen-bond donors (Lipinski definition) is 1. The van der Waals surface area contributed by atoms with Crippen molar-refractivity contribution in [3.8, 4) is 5.75 Å². The Morgan fingerprint density at radius 2 is 2.00 bits per heavy atom. The van der Waals surface area contributed by atoms with Crippen molar-refractivity contribution in [2.45, 2.75) is 6.54 Å². The summed E-state index contributed by atoms with van der Waals surface area (Å²) < 4.78 is 5.24. The van der Waals surface area contributed by atoms with Gasteiger partial charge in [-0.1, -0.05) is 24.3 Å². The SMILES string of the molecule is COc1cccc(CNc2cccc3ccncc23)c1. The highest BCUT2D eigenvalue weighted by Gasteiger charge is 2.01. The molecular weight excluding hydrogens is 248 g/mol. The van der Waals surface area contributed by atoms with Gasteiger partial charge < -0.3 is 10.1 Å². The molecule has 0 aliphatic heterocycles. The van der Waals surface area contributed by atoms with E-state index in [-0.39, 0.29) is 0 Å². The highest BCUT2D eigenvalue weighted by Crippen LogP contribution is 2.23. The topological polar surface area (TPSA) is 34.1 Å². The van der Waals surface area contributed by atoms with Crippen molar-refractivity contribution in [3.05, 3.63) is 66.5 Å². The van der Waals surface area contributed by atoms with Gasteiger partial charge in [0, 0.05) is 30.0 Å². The second-order valence-corrected chi connectivity index (χ2v) is 4.61. The molecule has 3 heteroatoms. The van der Waals surface area contributed by atoms with Gasteiger partial charge in [-0.3, -0.25) is 4.98 Å². The van der Waals surface area contributed by atoms with Gasteiger partial charge in [-0.2, -0.15) is 0 Å². The van der Waals surface area contributed by atoms with Crippen LogP contribution in [0.2, 0.25) is 0 Å². The van der Waals surface area contributed by atoms with Gasteiger partial charge in [-0.05, 0) is 35.2 Å². The maximum absolute atomic E-state index is 5.24. The van der Waals surface area contributed by atoms with Gasteiger partial charge in [-0.15, -0.1) is 0 Å². The monoisotopic (exact) mass is 264 g/mol. The molecule has 0 bridgehead atoms. The first-order valence-electron chi connectivity index (χ1n) is 6.56. The molecule has 0 atom stereocenters. The molecule has 0 saturated heterocycles. The van der Waals surface area contributed by atoms with Crippen LogP contribution in [-0.4, -0.2) is 12.1 Å². The predicted molar refractivity (Wildman–Crippen MR) is 82.1 cm³/mol. The first kappa shape index (κ1) is 12.5. The Bertz CT molecular complexity index is 720. The second-order valence-electron chi connectivity index (χ2n) is 4.61. The Morgan fingerprint density at radius 3 is 2.90 bits per heavy atom. The van der Waals surface area contributed by atoms with E-state index in [4.69, 9.17) is 4.74 Å². The van der Waals surface area contributed by atoms with Gasteiger partial charge >= 0.3 is 0 Å². The summed E-state index contributed by atoms with van der Waals surface area (Å²) in [7, 11) is 1.68. The van der Waals surface area contributed by atoms with Crippen LogP contribution in [0.1, 0.15) is 5.56 Å². The number of rotatable bonds is 4. The molecule has 1 aromatic heterocycles. The Balaban J connectivity index is 1.83. The molecule has 0 spiro atoms. The van der Waals surface area contributed by atoms with Gasteiger partial charge in [0.25, 0.3) is 0 Å². The smallest absolute Gasteiger partial charge is 0.119 e. The molecule has 0 amide bonds. The lowest BCUT2D eigenvalue weighted by Gasteiger charge is -2.10. The minimum atomic E-state index is 0.755. The third-order valence-corrected chi connectivity index (χ3v) is 3.30. The van der Waals surface area contributed by atoms with Crippen molar-refractivity contribution in [1.82, 2.24) is 4.98 Å². The van der Waals surface area contributed by atoms with Crippen LogP contribution >= 0.6 is 0 Å². The summed E-state index contributed by atoms with van der Waals surface area (Å²) in [5.41, 5.74) is 2.28.